The fraction of sp³-hybridized carbons (Fsp3) is 0.125. The molecule has 0 atom stereocenters. The summed E-state index contributed by atoms with van der Waals surface area (Å²) in [5, 5.41) is 1.41. The standard InChI is InChI=1S/C16H11F3OS/c17-13-7-10(8-14(18)16(13)19)5-6-15(20)12-4-2-1-3-11(12)9-21/h1-4,7-9H,5-6H2. The molecule has 0 radical (unpaired) electrons. The molecule has 2 rings (SSSR count). The van der Waals surface area contributed by atoms with E-state index in [0.29, 0.717) is 11.1 Å². The van der Waals surface area contributed by atoms with Crippen LogP contribution in [-0.2, 0) is 6.42 Å². The van der Waals surface area contributed by atoms with E-state index in [4.69, 9.17) is 12.2 Å². The molecular weight excluding hydrogens is 297 g/mol. The van der Waals surface area contributed by atoms with Crippen molar-refractivity contribution in [3.05, 3.63) is 70.5 Å². The number of hydrogen-bond acceptors (Lipinski definition) is 2. The first kappa shape index (κ1) is 15.4. The third-order valence-electron chi connectivity index (χ3n) is 3.07. The quantitative estimate of drug-likeness (QED) is 0.466. The average molecular weight is 308 g/mol. The zero-order valence-electron chi connectivity index (χ0n) is 10.9. The van der Waals surface area contributed by atoms with Crippen LogP contribution in [0.1, 0.15) is 27.9 Å². The summed E-state index contributed by atoms with van der Waals surface area (Å²) in [6.07, 6.45) is 0.184. The highest BCUT2D eigenvalue weighted by Gasteiger charge is 2.13. The van der Waals surface area contributed by atoms with Crippen LogP contribution in [-0.4, -0.2) is 11.2 Å². The summed E-state index contributed by atoms with van der Waals surface area (Å²) < 4.78 is 39.0. The Hall–Kier alpha value is -2.01. The van der Waals surface area contributed by atoms with Crippen molar-refractivity contribution in [3.8, 4) is 0 Å². The Bertz CT molecular complexity index is 675. The van der Waals surface area contributed by atoms with Gasteiger partial charge in [0.05, 0.1) is 0 Å². The van der Waals surface area contributed by atoms with Crippen molar-refractivity contribution in [2.24, 2.45) is 0 Å². The number of Topliss-reactive ketones (excluding diaryl/α,β-unsaturated/α-hetero) is 1. The Morgan fingerprint density at radius 1 is 1.10 bits per heavy atom. The Labute approximate surface area is 125 Å². The van der Waals surface area contributed by atoms with E-state index in [9.17, 15) is 18.0 Å². The van der Waals surface area contributed by atoms with Gasteiger partial charge in [-0.05, 0) is 29.7 Å². The summed E-state index contributed by atoms with van der Waals surface area (Å²) >= 11 is 4.83. The molecule has 5 heteroatoms. The lowest BCUT2D eigenvalue weighted by molar-refractivity contribution is 0.0982. The van der Waals surface area contributed by atoms with Gasteiger partial charge in [-0.3, -0.25) is 4.79 Å². The van der Waals surface area contributed by atoms with Gasteiger partial charge in [0.25, 0.3) is 0 Å². The zero-order chi connectivity index (χ0) is 15.4. The first-order valence-corrected chi connectivity index (χ1v) is 6.71. The van der Waals surface area contributed by atoms with E-state index < -0.39 is 17.5 Å². The number of aryl methyl sites for hydroxylation is 1. The molecule has 0 aromatic heterocycles. The molecule has 2 aromatic rings. The van der Waals surface area contributed by atoms with Crippen molar-refractivity contribution >= 4 is 23.4 Å². The first-order valence-electron chi connectivity index (χ1n) is 6.23. The summed E-state index contributed by atoms with van der Waals surface area (Å²) in [5.74, 6) is -4.19. The normalized spacial score (nSPS) is 10.4. The molecule has 2 aromatic carbocycles. The van der Waals surface area contributed by atoms with Crippen molar-refractivity contribution < 1.29 is 18.0 Å². The van der Waals surface area contributed by atoms with Gasteiger partial charge in [-0.2, -0.15) is 0 Å². The Kier molecular flexibility index (Phi) is 4.85. The minimum absolute atomic E-state index is 0.0602. The fourth-order valence-electron chi connectivity index (χ4n) is 2.00. The predicted octanol–water partition coefficient (Wildman–Crippen LogP) is 4.27. The van der Waals surface area contributed by atoms with Crippen LogP contribution in [0.5, 0.6) is 0 Å². The van der Waals surface area contributed by atoms with E-state index in [1.807, 2.05) is 0 Å². The van der Waals surface area contributed by atoms with Crippen LogP contribution in [0, 0.1) is 17.5 Å². The second kappa shape index (κ2) is 6.63. The highest BCUT2D eigenvalue weighted by atomic mass is 32.1. The van der Waals surface area contributed by atoms with Crippen molar-refractivity contribution in [2.45, 2.75) is 12.8 Å². The zero-order valence-corrected chi connectivity index (χ0v) is 11.7. The van der Waals surface area contributed by atoms with Crippen molar-refractivity contribution in [1.29, 1.82) is 0 Å². The average Bonchev–Trinajstić information content (AvgIpc) is 2.50. The lowest BCUT2D eigenvalue weighted by Crippen LogP contribution is -2.05. The third kappa shape index (κ3) is 3.55. The minimum Gasteiger partial charge on any atom is -0.294 e. The van der Waals surface area contributed by atoms with Crippen LogP contribution in [0.15, 0.2) is 36.4 Å². The first-order chi connectivity index (χ1) is 10.0. The molecule has 0 aliphatic carbocycles. The van der Waals surface area contributed by atoms with E-state index in [0.717, 1.165) is 12.1 Å². The van der Waals surface area contributed by atoms with Gasteiger partial charge < -0.3 is 0 Å². The van der Waals surface area contributed by atoms with Gasteiger partial charge in [0.2, 0.25) is 0 Å². The number of ketones is 1. The third-order valence-corrected chi connectivity index (χ3v) is 3.33. The molecular formula is C16H11F3OS. The summed E-state index contributed by atoms with van der Waals surface area (Å²) in [5.41, 5.74) is 1.34. The van der Waals surface area contributed by atoms with Crippen LogP contribution < -0.4 is 0 Å². The van der Waals surface area contributed by atoms with E-state index in [-0.39, 0.29) is 24.2 Å². The highest BCUT2D eigenvalue weighted by Crippen LogP contribution is 2.17. The highest BCUT2D eigenvalue weighted by molar-refractivity contribution is 7.79. The number of thiocarbonyl (C=S) groups is 1. The smallest absolute Gasteiger partial charge is 0.194 e. The SMILES string of the molecule is O=C(CCc1cc(F)c(F)c(F)c1)c1ccccc1C=S. The Morgan fingerprint density at radius 2 is 1.71 bits per heavy atom. The van der Waals surface area contributed by atoms with Gasteiger partial charge in [-0.25, -0.2) is 13.2 Å². The van der Waals surface area contributed by atoms with E-state index in [1.165, 1.54) is 5.37 Å². The van der Waals surface area contributed by atoms with E-state index >= 15 is 0 Å². The molecule has 0 aliphatic heterocycles. The summed E-state index contributed by atoms with van der Waals surface area (Å²) in [6, 6.07) is 8.64. The number of rotatable bonds is 5. The molecule has 0 fully saturated rings. The second-order valence-corrected chi connectivity index (χ2v) is 4.74. The number of carbonyl (C=O) groups excluding carboxylic acids is 1. The lowest BCUT2D eigenvalue weighted by atomic mass is 9.99. The molecule has 0 heterocycles. The maximum absolute atomic E-state index is 13.1. The van der Waals surface area contributed by atoms with Crippen molar-refractivity contribution in [3.63, 3.8) is 0 Å². The second-order valence-electron chi connectivity index (χ2n) is 4.50. The molecule has 0 amide bonds. The van der Waals surface area contributed by atoms with Gasteiger partial charge in [0.1, 0.15) is 0 Å². The molecule has 0 aliphatic rings. The van der Waals surface area contributed by atoms with Crippen LogP contribution in [0.25, 0.3) is 0 Å². The fourth-order valence-corrected chi connectivity index (χ4v) is 2.20. The molecule has 0 bridgehead atoms. The van der Waals surface area contributed by atoms with Gasteiger partial charge in [-0.15, -0.1) is 0 Å². The van der Waals surface area contributed by atoms with Crippen LogP contribution >= 0.6 is 12.2 Å². The van der Waals surface area contributed by atoms with Crippen molar-refractivity contribution in [2.75, 3.05) is 0 Å². The lowest BCUT2D eigenvalue weighted by Gasteiger charge is -2.06. The Morgan fingerprint density at radius 3 is 2.33 bits per heavy atom. The number of halogens is 3. The van der Waals surface area contributed by atoms with Crippen LogP contribution in [0.4, 0.5) is 13.2 Å². The molecule has 0 spiro atoms. The van der Waals surface area contributed by atoms with Gasteiger partial charge in [0.15, 0.2) is 23.2 Å². The van der Waals surface area contributed by atoms with Gasteiger partial charge in [0, 0.05) is 17.4 Å². The number of benzene rings is 2. The van der Waals surface area contributed by atoms with Gasteiger partial charge >= 0.3 is 0 Å². The van der Waals surface area contributed by atoms with Gasteiger partial charge in [-0.1, -0.05) is 36.5 Å². The van der Waals surface area contributed by atoms with Crippen LogP contribution in [0.3, 0.4) is 0 Å². The molecule has 0 saturated heterocycles. The summed E-state index contributed by atoms with van der Waals surface area (Å²) in [6.45, 7) is 0. The monoisotopic (exact) mass is 308 g/mol. The summed E-state index contributed by atoms with van der Waals surface area (Å²) in [4.78, 5) is 12.1. The van der Waals surface area contributed by atoms with E-state index in [2.05, 4.69) is 0 Å². The topological polar surface area (TPSA) is 17.1 Å². The molecule has 0 unspecified atom stereocenters. The predicted molar refractivity (Wildman–Crippen MR) is 78.2 cm³/mol. The van der Waals surface area contributed by atoms with Crippen LogP contribution in [0.2, 0.25) is 0 Å². The molecule has 0 saturated carbocycles. The van der Waals surface area contributed by atoms with Crippen molar-refractivity contribution in [1.82, 2.24) is 0 Å². The summed E-state index contributed by atoms with van der Waals surface area (Å²) in [7, 11) is 0. The molecule has 21 heavy (non-hydrogen) atoms. The number of carbonyl (C=O) groups is 1. The molecule has 1 nitrogen and oxygen atoms in total. The Balaban J connectivity index is 2.13. The van der Waals surface area contributed by atoms with E-state index in [1.54, 1.807) is 24.3 Å². The number of hydrogen-bond donors (Lipinski definition) is 0. The maximum atomic E-state index is 13.1. The minimum atomic E-state index is -1.50. The molecule has 108 valence electrons. The maximum Gasteiger partial charge on any atom is 0.194 e. The largest absolute Gasteiger partial charge is 0.294 e. The molecule has 0 N–H and O–H groups in total.